The van der Waals surface area contributed by atoms with Crippen LogP contribution in [0.2, 0.25) is 0 Å². The van der Waals surface area contributed by atoms with Crippen molar-refractivity contribution in [2.24, 2.45) is 0 Å². The summed E-state index contributed by atoms with van der Waals surface area (Å²) in [5.74, 6) is 0.340. The molecular formula is C11H19N5O. The van der Waals surface area contributed by atoms with Crippen molar-refractivity contribution in [1.29, 1.82) is 0 Å². The van der Waals surface area contributed by atoms with E-state index in [9.17, 15) is 4.79 Å². The molecule has 1 aliphatic rings. The molecule has 0 aromatic carbocycles. The van der Waals surface area contributed by atoms with E-state index in [1.807, 2.05) is 4.90 Å². The molecule has 0 saturated carbocycles. The minimum Gasteiger partial charge on any atom is -0.382 e. The molecule has 6 heteroatoms. The SMILES string of the molecule is CC(C)N1CCN(C(=O)c2cc(N)n[nH]2)CC1. The number of amides is 1. The second-order valence-electron chi connectivity index (χ2n) is 4.63. The Morgan fingerprint density at radius 2 is 2.06 bits per heavy atom. The number of carbonyl (C=O) groups is 1. The highest BCUT2D eigenvalue weighted by atomic mass is 16.2. The molecule has 1 aromatic rings. The molecule has 0 atom stereocenters. The van der Waals surface area contributed by atoms with Gasteiger partial charge in [-0.05, 0) is 13.8 Å². The topological polar surface area (TPSA) is 78.2 Å². The standard InChI is InChI=1S/C11H19N5O/c1-8(2)15-3-5-16(6-4-15)11(17)9-7-10(12)14-13-9/h7-8H,3-6H2,1-2H3,(H3,12,13,14). The number of aromatic nitrogens is 2. The summed E-state index contributed by atoms with van der Waals surface area (Å²) in [6.07, 6.45) is 0. The maximum Gasteiger partial charge on any atom is 0.272 e. The number of anilines is 1. The first-order valence-electron chi connectivity index (χ1n) is 5.92. The van der Waals surface area contributed by atoms with Gasteiger partial charge in [0.25, 0.3) is 5.91 Å². The van der Waals surface area contributed by atoms with Crippen molar-refractivity contribution in [3.05, 3.63) is 11.8 Å². The number of nitrogens with zero attached hydrogens (tertiary/aromatic N) is 3. The third kappa shape index (κ3) is 2.58. The number of H-pyrrole nitrogens is 1. The van der Waals surface area contributed by atoms with E-state index in [2.05, 4.69) is 28.9 Å². The Morgan fingerprint density at radius 3 is 2.53 bits per heavy atom. The molecule has 0 aliphatic carbocycles. The Kier molecular flexibility index (Phi) is 3.33. The van der Waals surface area contributed by atoms with Crippen LogP contribution >= 0.6 is 0 Å². The normalized spacial score (nSPS) is 17.7. The summed E-state index contributed by atoms with van der Waals surface area (Å²) in [6, 6.07) is 2.12. The summed E-state index contributed by atoms with van der Waals surface area (Å²) in [6.45, 7) is 7.71. The average molecular weight is 237 g/mol. The lowest BCUT2D eigenvalue weighted by Crippen LogP contribution is -2.50. The molecule has 1 saturated heterocycles. The Hall–Kier alpha value is -1.56. The first-order chi connectivity index (χ1) is 8.08. The fourth-order valence-corrected chi connectivity index (χ4v) is 2.06. The zero-order chi connectivity index (χ0) is 12.4. The number of rotatable bonds is 2. The predicted molar refractivity (Wildman–Crippen MR) is 65.6 cm³/mol. The molecule has 6 nitrogen and oxygen atoms in total. The van der Waals surface area contributed by atoms with Gasteiger partial charge < -0.3 is 10.6 Å². The second kappa shape index (κ2) is 4.75. The number of hydrogen-bond donors (Lipinski definition) is 2. The monoisotopic (exact) mass is 237 g/mol. The minimum absolute atomic E-state index is 0.0161. The van der Waals surface area contributed by atoms with Crippen LogP contribution in [0.3, 0.4) is 0 Å². The maximum absolute atomic E-state index is 12.1. The van der Waals surface area contributed by atoms with Gasteiger partial charge in [-0.2, -0.15) is 5.10 Å². The third-order valence-corrected chi connectivity index (χ3v) is 3.16. The molecule has 17 heavy (non-hydrogen) atoms. The highest BCUT2D eigenvalue weighted by Gasteiger charge is 2.24. The van der Waals surface area contributed by atoms with E-state index in [0.29, 0.717) is 17.6 Å². The summed E-state index contributed by atoms with van der Waals surface area (Å²) in [7, 11) is 0. The number of nitrogen functional groups attached to an aromatic ring is 1. The molecule has 3 N–H and O–H groups in total. The molecular weight excluding hydrogens is 218 g/mol. The van der Waals surface area contributed by atoms with E-state index in [4.69, 9.17) is 5.73 Å². The summed E-state index contributed by atoms with van der Waals surface area (Å²) in [5, 5.41) is 6.43. The first-order valence-corrected chi connectivity index (χ1v) is 5.92. The Bertz CT molecular complexity index is 392. The summed E-state index contributed by atoms with van der Waals surface area (Å²) >= 11 is 0. The highest BCUT2D eigenvalue weighted by molar-refractivity contribution is 5.93. The molecule has 0 radical (unpaired) electrons. The fourth-order valence-electron chi connectivity index (χ4n) is 2.06. The predicted octanol–water partition coefficient (Wildman–Crippen LogP) is 0.158. The smallest absolute Gasteiger partial charge is 0.272 e. The number of nitrogens with two attached hydrogens (primary N) is 1. The Morgan fingerprint density at radius 1 is 1.41 bits per heavy atom. The highest BCUT2D eigenvalue weighted by Crippen LogP contribution is 2.10. The van der Waals surface area contributed by atoms with Gasteiger partial charge in [-0.25, -0.2) is 0 Å². The number of nitrogens with one attached hydrogen (secondary N) is 1. The van der Waals surface area contributed by atoms with Crippen LogP contribution in [0.5, 0.6) is 0 Å². The van der Waals surface area contributed by atoms with Crippen molar-refractivity contribution in [1.82, 2.24) is 20.0 Å². The zero-order valence-electron chi connectivity index (χ0n) is 10.3. The van der Waals surface area contributed by atoms with Gasteiger partial charge in [0.15, 0.2) is 0 Å². The lowest BCUT2D eigenvalue weighted by Gasteiger charge is -2.36. The van der Waals surface area contributed by atoms with E-state index >= 15 is 0 Å². The van der Waals surface area contributed by atoms with Gasteiger partial charge in [0.2, 0.25) is 0 Å². The van der Waals surface area contributed by atoms with E-state index in [0.717, 1.165) is 26.2 Å². The first kappa shape index (κ1) is 11.9. The molecule has 0 unspecified atom stereocenters. The zero-order valence-corrected chi connectivity index (χ0v) is 10.3. The quantitative estimate of drug-likeness (QED) is 0.768. The molecule has 2 rings (SSSR count). The Labute approximate surface area is 101 Å². The maximum atomic E-state index is 12.1. The van der Waals surface area contributed by atoms with E-state index in [1.54, 1.807) is 6.07 Å². The van der Waals surface area contributed by atoms with Gasteiger partial charge in [-0.15, -0.1) is 0 Å². The van der Waals surface area contributed by atoms with Crippen LogP contribution in [-0.2, 0) is 0 Å². The molecule has 2 heterocycles. The van der Waals surface area contributed by atoms with Crippen molar-refractivity contribution < 1.29 is 4.79 Å². The van der Waals surface area contributed by atoms with Crippen molar-refractivity contribution in [2.75, 3.05) is 31.9 Å². The van der Waals surface area contributed by atoms with Crippen LogP contribution in [0.1, 0.15) is 24.3 Å². The molecule has 0 spiro atoms. The number of piperazine rings is 1. The Balaban J connectivity index is 1.95. The molecule has 0 bridgehead atoms. The average Bonchev–Trinajstić information content (AvgIpc) is 2.75. The van der Waals surface area contributed by atoms with Crippen LogP contribution < -0.4 is 5.73 Å². The van der Waals surface area contributed by atoms with E-state index in [-0.39, 0.29) is 5.91 Å². The van der Waals surface area contributed by atoms with E-state index in [1.165, 1.54) is 0 Å². The lowest BCUT2D eigenvalue weighted by atomic mass is 10.2. The van der Waals surface area contributed by atoms with Crippen LogP contribution in [-0.4, -0.2) is 58.1 Å². The fraction of sp³-hybridized carbons (Fsp3) is 0.636. The van der Waals surface area contributed by atoms with Gasteiger partial charge in [0, 0.05) is 38.3 Å². The lowest BCUT2D eigenvalue weighted by molar-refractivity contribution is 0.0590. The molecule has 1 fully saturated rings. The van der Waals surface area contributed by atoms with E-state index < -0.39 is 0 Å². The van der Waals surface area contributed by atoms with Crippen LogP contribution in [0.4, 0.5) is 5.82 Å². The molecule has 94 valence electrons. The molecule has 1 aromatic heterocycles. The largest absolute Gasteiger partial charge is 0.382 e. The summed E-state index contributed by atoms with van der Waals surface area (Å²) in [4.78, 5) is 16.3. The van der Waals surface area contributed by atoms with Gasteiger partial charge in [0.05, 0.1) is 0 Å². The van der Waals surface area contributed by atoms with Crippen LogP contribution in [0.25, 0.3) is 0 Å². The van der Waals surface area contributed by atoms with Crippen molar-refractivity contribution in [3.63, 3.8) is 0 Å². The van der Waals surface area contributed by atoms with Gasteiger partial charge in [-0.1, -0.05) is 0 Å². The molecule has 1 aliphatic heterocycles. The summed E-state index contributed by atoms with van der Waals surface area (Å²) in [5.41, 5.74) is 5.96. The van der Waals surface area contributed by atoms with Gasteiger partial charge in [0.1, 0.15) is 11.5 Å². The third-order valence-electron chi connectivity index (χ3n) is 3.16. The van der Waals surface area contributed by atoms with Crippen molar-refractivity contribution >= 4 is 11.7 Å². The van der Waals surface area contributed by atoms with Gasteiger partial charge >= 0.3 is 0 Å². The van der Waals surface area contributed by atoms with Gasteiger partial charge in [-0.3, -0.25) is 14.8 Å². The second-order valence-corrected chi connectivity index (χ2v) is 4.63. The van der Waals surface area contributed by atoms with Crippen LogP contribution in [0.15, 0.2) is 6.07 Å². The molecule has 1 amide bonds. The van der Waals surface area contributed by atoms with Crippen molar-refractivity contribution in [2.45, 2.75) is 19.9 Å². The minimum atomic E-state index is -0.0161. The number of carbonyl (C=O) groups excluding carboxylic acids is 1. The summed E-state index contributed by atoms with van der Waals surface area (Å²) < 4.78 is 0. The van der Waals surface area contributed by atoms with Crippen LogP contribution in [0, 0.1) is 0 Å². The number of hydrogen-bond acceptors (Lipinski definition) is 4. The van der Waals surface area contributed by atoms with Crippen molar-refractivity contribution in [3.8, 4) is 0 Å². The number of aromatic amines is 1.